The van der Waals surface area contributed by atoms with Gasteiger partial charge in [0.05, 0.1) is 6.04 Å². The van der Waals surface area contributed by atoms with Gasteiger partial charge in [-0.3, -0.25) is 0 Å². The Kier molecular flexibility index (Phi) is 12.1. The van der Waals surface area contributed by atoms with E-state index in [4.69, 9.17) is 16.3 Å². The fourth-order valence-corrected chi connectivity index (χ4v) is 3.68. The lowest BCUT2D eigenvalue weighted by molar-refractivity contribution is 0.266. The highest BCUT2D eigenvalue weighted by molar-refractivity contribution is 7.99. The van der Waals surface area contributed by atoms with Crippen LogP contribution in [0.4, 0.5) is 19.0 Å². The maximum absolute atomic E-state index is 14.5. The van der Waals surface area contributed by atoms with Gasteiger partial charge in [-0.2, -0.15) is 4.98 Å². The maximum Gasteiger partial charge on any atom is 0.229 e. The van der Waals surface area contributed by atoms with Crippen molar-refractivity contribution in [3.05, 3.63) is 11.0 Å². The highest BCUT2D eigenvalue weighted by atomic mass is 35.5. The van der Waals surface area contributed by atoms with E-state index >= 15 is 0 Å². The molecule has 0 bridgehead atoms. The number of halogens is 4. The molecule has 2 aromatic heterocycles. The molecule has 6 nitrogen and oxygen atoms in total. The SMILES string of the molecule is CC.CC.CCSc1nc2c3c(nc(Cl)c(F)c3n1)OCC1CNCCN21.FCF. The molecular formula is C19H29ClF3N5OS. The zero-order valence-corrected chi connectivity index (χ0v) is 19.5. The first-order valence-electron chi connectivity index (χ1n) is 10.0. The average Bonchev–Trinajstić information content (AvgIpc) is 2.93. The van der Waals surface area contributed by atoms with Crippen molar-refractivity contribution in [2.24, 2.45) is 0 Å². The van der Waals surface area contributed by atoms with Gasteiger partial charge in [-0.15, -0.1) is 0 Å². The summed E-state index contributed by atoms with van der Waals surface area (Å²) in [5.41, 5.74) is 0.181. The molecule has 0 radical (unpaired) electrons. The molecule has 4 heterocycles. The summed E-state index contributed by atoms with van der Waals surface area (Å²) in [4.78, 5) is 15.2. The minimum atomic E-state index is -1.75. The minimum Gasteiger partial charge on any atom is -0.475 e. The molecule has 0 saturated carbocycles. The molecular weight excluding hydrogens is 439 g/mol. The summed E-state index contributed by atoms with van der Waals surface area (Å²) in [6, 6.07) is 0.123. The molecule has 0 aromatic carbocycles. The number of nitrogens with zero attached hydrogens (tertiary/aromatic N) is 4. The van der Waals surface area contributed by atoms with Crippen molar-refractivity contribution >= 4 is 40.1 Å². The average molecular weight is 468 g/mol. The van der Waals surface area contributed by atoms with E-state index in [1.54, 1.807) is 0 Å². The number of hydrogen-bond acceptors (Lipinski definition) is 7. The lowest BCUT2D eigenvalue weighted by Crippen LogP contribution is -2.53. The van der Waals surface area contributed by atoms with Crippen LogP contribution >= 0.6 is 23.4 Å². The van der Waals surface area contributed by atoms with Crippen LogP contribution in [0.15, 0.2) is 5.16 Å². The zero-order valence-electron chi connectivity index (χ0n) is 17.9. The summed E-state index contributed by atoms with van der Waals surface area (Å²) in [6.07, 6.45) is 0. The Morgan fingerprint density at radius 2 is 1.87 bits per heavy atom. The van der Waals surface area contributed by atoms with Crippen LogP contribution in [-0.2, 0) is 0 Å². The number of aromatic nitrogens is 3. The van der Waals surface area contributed by atoms with Crippen molar-refractivity contribution in [1.82, 2.24) is 20.3 Å². The first-order valence-corrected chi connectivity index (χ1v) is 11.4. The van der Waals surface area contributed by atoms with Gasteiger partial charge in [0.2, 0.25) is 12.8 Å². The largest absolute Gasteiger partial charge is 0.475 e. The molecule has 2 aliphatic rings. The monoisotopic (exact) mass is 467 g/mol. The van der Waals surface area contributed by atoms with Crippen molar-refractivity contribution in [3.8, 4) is 5.88 Å². The van der Waals surface area contributed by atoms with Crippen LogP contribution in [0.5, 0.6) is 5.88 Å². The van der Waals surface area contributed by atoms with Crippen LogP contribution in [0.3, 0.4) is 0 Å². The standard InChI is InChI=1S/C14H15ClFN5OS.2C2H6.CH2F2/c1-2-23-14-18-10-8-12(20-14)21-4-3-17-5-7(21)6-22-13(8)19-11(15)9(10)16;2*1-2;2-1-3/h7,17H,2-6H2,1H3;2*1-2H3;1H2. The van der Waals surface area contributed by atoms with Gasteiger partial charge in [0.1, 0.15) is 23.3 Å². The van der Waals surface area contributed by atoms with Crippen molar-refractivity contribution in [1.29, 1.82) is 0 Å². The number of ether oxygens (including phenoxy) is 1. The van der Waals surface area contributed by atoms with Gasteiger partial charge in [-0.05, 0) is 5.75 Å². The molecule has 1 N–H and O–H groups in total. The third-order valence-electron chi connectivity index (χ3n) is 3.98. The number of nitrogens with one attached hydrogen (secondary N) is 1. The van der Waals surface area contributed by atoms with E-state index in [-0.39, 0.29) is 16.7 Å². The van der Waals surface area contributed by atoms with Gasteiger partial charge < -0.3 is 15.0 Å². The summed E-state index contributed by atoms with van der Waals surface area (Å²) in [7, 11) is 0. The first-order chi connectivity index (χ1) is 14.6. The number of pyridine rings is 1. The van der Waals surface area contributed by atoms with E-state index in [1.807, 2.05) is 34.6 Å². The van der Waals surface area contributed by atoms with Crippen LogP contribution in [-0.4, -0.2) is 59.9 Å². The molecule has 0 amide bonds. The number of thioether (sulfide) groups is 1. The number of rotatable bonds is 2. The van der Waals surface area contributed by atoms with Crippen LogP contribution in [0.25, 0.3) is 10.9 Å². The van der Waals surface area contributed by atoms with Crippen LogP contribution < -0.4 is 15.0 Å². The molecule has 1 unspecified atom stereocenters. The van der Waals surface area contributed by atoms with E-state index in [1.165, 1.54) is 11.8 Å². The van der Waals surface area contributed by atoms with Gasteiger partial charge in [0, 0.05) is 19.6 Å². The normalized spacial score (nSPS) is 16.4. The lowest BCUT2D eigenvalue weighted by Gasteiger charge is -2.35. The molecule has 2 aliphatic heterocycles. The lowest BCUT2D eigenvalue weighted by atomic mass is 10.2. The van der Waals surface area contributed by atoms with Gasteiger partial charge in [0.15, 0.2) is 16.1 Å². The molecule has 1 fully saturated rings. The van der Waals surface area contributed by atoms with Gasteiger partial charge in [0.25, 0.3) is 0 Å². The van der Waals surface area contributed by atoms with E-state index in [0.29, 0.717) is 28.8 Å². The van der Waals surface area contributed by atoms with Gasteiger partial charge >= 0.3 is 0 Å². The Balaban J connectivity index is 0.000000579. The second-order valence-corrected chi connectivity index (χ2v) is 7.06. The smallest absolute Gasteiger partial charge is 0.229 e. The molecule has 1 atom stereocenters. The Labute approximate surface area is 185 Å². The summed E-state index contributed by atoms with van der Waals surface area (Å²) < 4.78 is 39.6. The fraction of sp³-hybridized carbons (Fsp3) is 0.632. The zero-order chi connectivity index (χ0) is 22.7. The number of alkyl halides is 2. The maximum atomic E-state index is 14.5. The van der Waals surface area contributed by atoms with Crippen molar-refractivity contribution in [2.45, 2.75) is 45.8 Å². The Morgan fingerprint density at radius 3 is 2.50 bits per heavy atom. The molecule has 170 valence electrons. The third-order valence-corrected chi connectivity index (χ3v) is 4.96. The van der Waals surface area contributed by atoms with Crippen molar-refractivity contribution in [2.75, 3.05) is 43.8 Å². The number of fused-ring (bicyclic) bond motifs is 2. The van der Waals surface area contributed by atoms with Gasteiger partial charge in [-0.25, -0.2) is 23.1 Å². The third kappa shape index (κ3) is 6.01. The minimum absolute atomic E-state index is 0.123. The van der Waals surface area contributed by atoms with Crippen molar-refractivity contribution in [3.63, 3.8) is 0 Å². The number of anilines is 1. The van der Waals surface area contributed by atoms with E-state index < -0.39 is 12.7 Å². The van der Waals surface area contributed by atoms with E-state index in [0.717, 1.165) is 25.4 Å². The van der Waals surface area contributed by atoms with Gasteiger partial charge in [-0.1, -0.05) is 58.0 Å². The second-order valence-electron chi connectivity index (χ2n) is 5.47. The Hall–Kier alpha value is -1.52. The summed E-state index contributed by atoms with van der Waals surface area (Å²) in [6.45, 7) is 11.1. The molecule has 0 spiro atoms. The first kappa shape index (κ1) is 26.5. The molecule has 0 aliphatic carbocycles. The quantitative estimate of drug-likeness (QED) is 0.377. The fourth-order valence-electron chi connectivity index (χ4n) is 2.95. The Bertz CT molecular complexity index is 803. The molecule has 30 heavy (non-hydrogen) atoms. The number of piperazine rings is 1. The van der Waals surface area contributed by atoms with Crippen molar-refractivity contribution < 1.29 is 17.9 Å². The summed E-state index contributed by atoms with van der Waals surface area (Å²) >= 11 is 7.40. The molecule has 1 saturated heterocycles. The topological polar surface area (TPSA) is 63.2 Å². The number of hydrogen-bond donors (Lipinski definition) is 1. The summed E-state index contributed by atoms with van der Waals surface area (Å²) in [5, 5.41) is 4.18. The van der Waals surface area contributed by atoms with E-state index in [9.17, 15) is 13.2 Å². The Morgan fingerprint density at radius 1 is 1.20 bits per heavy atom. The van der Waals surface area contributed by atoms with E-state index in [2.05, 4.69) is 25.2 Å². The molecule has 11 heteroatoms. The van der Waals surface area contributed by atoms with Crippen LogP contribution in [0, 0.1) is 5.82 Å². The van der Waals surface area contributed by atoms with Crippen LogP contribution in [0.1, 0.15) is 34.6 Å². The summed E-state index contributed by atoms with van der Waals surface area (Å²) in [5.74, 6) is 1.18. The predicted molar refractivity (Wildman–Crippen MR) is 118 cm³/mol. The second kappa shape index (κ2) is 13.7. The molecule has 4 rings (SSSR count). The highest BCUT2D eigenvalue weighted by Gasteiger charge is 2.32. The highest BCUT2D eigenvalue weighted by Crippen LogP contribution is 2.39. The molecule has 2 aromatic rings. The van der Waals surface area contributed by atoms with Crippen LogP contribution in [0.2, 0.25) is 5.15 Å². The predicted octanol–water partition coefficient (Wildman–Crippen LogP) is 5.04.